The highest BCUT2D eigenvalue weighted by molar-refractivity contribution is 6.30. The zero-order chi connectivity index (χ0) is 14.5. The number of methoxy groups -OCH3 is 1. The molecule has 0 radical (unpaired) electrons. The third-order valence-electron chi connectivity index (χ3n) is 3.44. The minimum Gasteiger partial charge on any atom is -0.496 e. The lowest BCUT2D eigenvalue weighted by Crippen LogP contribution is -2.19. The van der Waals surface area contributed by atoms with Gasteiger partial charge in [0, 0.05) is 16.6 Å². The molecule has 1 unspecified atom stereocenters. The Morgan fingerprint density at radius 1 is 1.20 bits per heavy atom. The van der Waals surface area contributed by atoms with Crippen LogP contribution in [0.15, 0.2) is 42.5 Å². The lowest BCUT2D eigenvalue weighted by atomic mass is 9.97. The number of rotatable bonds is 5. The van der Waals surface area contributed by atoms with Crippen LogP contribution in [0.25, 0.3) is 0 Å². The van der Waals surface area contributed by atoms with Crippen LogP contribution in [0.2, 0.25) is 5.02 Å². The Labute approximate surface area is 125 Å². The third kappa shape index (κ3) is 3.53. The number of benzene rings is 2. The van der Waals surface area contributed by atoms with Gasteiger partial charge in [0.15, 0.2) is 0 Å². The molecule has 0 spiro atoms. The summed E-state index contributed by atoms with van der Waals surface area (Å²) in [5.74, 6) is 0.824. The summed E-state index contributed by atoms with van der Waals surface area (Å²) >= 11 is 6.02. The minimum atomic E-state index is 0.198. The van der Waals surface area contributed by atoms with Gasteiger partial charge in [-0.1, -0.05) is 47.5 Å². The minimum absolute atomic E-state index is 0.198. The lowest BCUT2D eigenvalue weighted by molar-refractivity contribution is 0.401. The highest BCUT2D eigenvalue weighted by atomic mass is 35.5. The zero-order valence-electron chi connectivity index (χ0n) is 12.1. The van der Waals surface area contributed by atoms with Crippen molar-refractivity contribution >= 4 is 11.6 Å². The first-order chi connectivity index (χ1) is 9.63. The average molecular weight is 290 g/mol. The van der Waals surface area contributed by atoms with Gasteiger partial charge in [0.2, 0.25) is 0 Å². The van der Waals surface area contributed by atoms with Crippen molar-refractivity contribution in [3.8, 4) is 5.75 Å². The molecule has 0 bridgehead atoms. The second-order valence-electron chi connectivity index (χ2n) is 4.92. The normalized spacial score (nSPS) is 12.2. The van der Waals surface area contributed by atoms with E-state index in [2.05, 4.69) is 36.5 Å². The number of halogens is 1. The molecule has 1 N–H and O–H groups in total. The Bertz CT molecular complexity index is 583. The molecular formula is C17H20ClNO. The van der Waals surface area contributed by atoms with Crippen molar-refractivity contribution in [2.75, 3.05) is 14.2 Å². The number of ether oxygens (including phenoxy) is 1. The van der Waals surface area contributed by atoms with Crippen LogP contribution in [-0.4, -0.2) is 14.2 Å². The average Bonchev–Trinajstić information content (AvgIpc) is 2.45. The second kappa shape index (κ2) is 6.78. The van der Waals surface area contributed by atoms with Crippen LogP contribution in [0.5, 0.6) is 5.75 Å². The van der Waals surface area contributed by atoms with Gasteiger partial charge in [-0.15, -0.1) is 0 Å². The number of hydrogen-bond acceptors (Lipinski definition) is 2. The Kier molecular flexibility index (Phi) is 5.05. The van der Waals surface area contributed by atoms with E-state index in [9.17, 15) is 0 Å². The van der Waals surface area contributed by atoms with E-state index in [1.165, 1.54) is 11.1 Å². The van der Waals surface area contributed by atoms with E-state index in [-0.39, 0.29) is 6.04 Å². The number of hydrogen-bond donors (Lipinski definition) is 1. The monoisotopic (exact) mass is 289 g/mol. The summed E-state index contributed by atoms with van der Waals surface area (Å²) in [7, 11) is 3.64. The van der Waals surface area contributed by atoms with E-state index in [0.29, 0.717) is 5.02 Å². The first kappa shape index (κ1) is 14.9. The topological polar surface area (TPSA) is 21.3 Å². The summed E-state index contributed by atoms with van der Waals surface area (Å²) in [5, 5.41) is 4.05. The molecule has 2 rings (SSSR count). The zero-order valence-corrected chi connectivity index (χ0v) is 12.9. The number of likely N-dealkylation sites (N-methyl/N-ethyl adjacent to an activating group) is 1. The van der Waals surface area contributed by atoms with E-state index in [1.54, 1.807) is 7.11 Å². The maximum absolute atomic E-state index is 6.02. The van der Waals surface area contributed by atoms with Gasteiger partial charge in [-0.3, -0.25) is 0 Å². The standard InChI is InChI=1S/C17H20ClNO/c1-12-5-4-6-13(9-12)10-16(19-2)15-8-7-14(18)11-17(15)20-3/h4-9,11,16,19H,10H2,1-3H3. The van der Waals surface area contributed by atoms with E-state index in [1.807, 2.05) is 25.2 Å². The molecule has 20 heavy (non-hydrogen) atoms. The Morgan fingerprint density at radius 2 is 2.00 bits per heavy atom. The first-order valence-corrected chi connectivity index (χ1v) is 7.08. The fourth-order valence-electron chi connectivity index (χ4n) is 2.42. The fraction of sp³-hybridized carbons (Fsp3) is 0.294. The summed E-state index contributed by atoms with van der Waals surface area (Å²) in [5.41, 5.74) is 3.71. The van der Waals surface area contributed by atoms with Crippen molar-refractivity contribution in [3.05, 3.63) is 64.2 Å². The maximum atomic E-state index is 6.02. The molecule has 0 amide bonds. The first-order valence-electron chi connectivity index (χ1n) is 6.70. The van der Waals surface area contributed by atoms with E-state index >= 15 is 0 Å². The summed E-state index contributed by atoms with van der Waals surface area (Å²) in [6, 6.07) is 14.6. The molecule has 2 nitrogen and oxygen atoms in total. The van der Waals surface area contributed by atoms with Crippen molar-refractivity contribution in [1.29, 1.82) is 0 Å². The van der Waals surface area contributed by atoms with Gasteiger partial charge in [-0.2, -0.15) is 0 Å². The Hall–Kier alpha value is -1.51. The van der Waals surface area contributed by atoms with Crippen molar-refractivity contribution in [2.24, 2.45) is 0 Å². The summed E-state index contributed by atoms with van der Waals surface area (Å²) < 4.78 is 5.45. The van der Waals surface area contributed by atoms with Crippen LogP contribution < -0.4 is 10.1 Å². The quantitative estimate of drug-likeness (QED) is 0.892. The molecule has 106 valence electrons. The molecule has 2 aromatic carbocycles. The molecule has 3 heteroatoms. The van der Waals surface area contributed by atoms with Gasteiger partial charge in [-0.25, -0.2) is 0 Å². The van der Waals surface area contributed by atoms with Gasteiger partial charge in [0.05, 0.1) is 7.11 Å². The van der Waals surface area contributed by atoms with Gasteiger partial charge in [0.1, 0.15) is 5.75 Å². The van der Waals surface area contributed by atoms with Gasteiger partial charge in [0.25, 0.3) is 0 Å². The van der Waals surface area contributed by atoms with Crippen LogP contribution >= 0.6 is 11.6 Å². The molecule has 0 aliphatic heterocycles. The number of aryl methyl sites for hydroxylation is 1. The van der Waals surface area contributed by atoms with E-state index in [0.717, 1.165) is 17.7 Å². The van der Waals surface area contributed by atoms with Crippen molar-refractivity contribution in [2.45, 2.75) is 19.4 Å². The van der Waals surface area contributed by atoms with Gasteiger partial charge < -0.3 is 10.1 Å². The largest absolute Gasteiger partial charge is 0.496 e. The second-order valence-corrected chi connectivity index (χ2v) is 5.36. The summed E-state index contributed by atoms with van der Waals surface area (Å²) in [6.45, 7) is 2.11. The maximum Gasteiger partial charge on any atom is 0.125 e. The van der Waals surface area contributed by atoms with Crippen LogP contribution in [-0.2, 0) is 6.42 Å². The van der Waals surface area contributed by atoms with E-state index < -0.39 is 0 Å². The molecule has 0 saturated carbocycles. The Morgan fingerprint density at radius 3 is 2.65 bits per heavy atom. The molecule has 0 fully saturated rings. The molecule has 0 aromatic heterocycles. The SMILES string of the molecule is CNC(Cc1cccc(C)c1)c1ccc(Cl)cc1OC. The van der Waals surface area contributed by atoms with Crippen LogP contribution in [0.3, 0.4) is 0 Å². The summed E-state index contributed by atoms with van der Waals surface area (Å²) in [6.07, 6.45) is 0.913. The molecule has 2 aromatic rings. The summed E-state index contributed by atoms with van der Waals surface area (Å²) in [4.78, 5) is 0. The fourth-order valence-corrected chi connectivity index (χ4v) is 2.58. The molecular weight excluding hydrogens is 270 g/mol. The molecule has 0 aliphatic carbocycles. The molecule has 1 atom stereocenters. The third-order valence-corrected chi connectivity index (χ3v) is 3.68. The van der Waals surface area contributed by atoms with Crippen LogP contribution in [0.1, 0.15) is 22.7 Å². The molecule has 0 heterocycles. The highest BCUT2D eigenvalue weighted by Crippen LogP contribution is 2.30. The predicted octanol–water partition coefficient (Wildman–Crippen LogP) is 4.16. The van der Waals surface area contributed by atoms with Crippen LogP contribution in [0.4, 0.5) is 0 Å². The van der Waals surface area contributed by atoms with Gasteiger partial charge in [-0.05, 0) is 38.1 Å². The molecule has 0 aliphatic rings. The Balaban J connectivity index is 2.28. The lowest BCUT2D eigenvalue weighted by Gasteiger charge is -2.20. The number of nitrogens with one attached hydrogen (secondary N) is 1. The smallest absolute Gasteiger partial charge is 0.125 e. The van der Waals surface area contributed by atoms with Crippen LogP contribution in [0, 0.1) is 6.92 Å². The molecule has 0 saturated heterocycles. The van der Waals surface area contributed by atoms with Crippen molar-refractivity contribution in [1.82, 2.24) is 5.32 Å². The van der Waals surface area contributed by atoms with Gasteiger partial charge >= 0.3 is 0 Å². The van der Waals surface area contributed by atoms with E-state index in [4.69, 9.17) is 16.3 Å². The highest BCUT2D eigenvalue weighted by Gasteiger charge is 2.15. The van der Waals surface area contributed by atoms with Crippen molar-refractivity contribution in [3.63, 3.8) is 0 Å². The van der Waals surface area contributed by atoms with Crippen molar-refractivity contribution < 1.29 is 4.74 Å². The predicted molar refractivity (Wildman–Crippen MR) is 84.7 cm³/mol.